The zero-order valence-electron chi connectivity index (χ0n) is 11.7. The van der Waals surface area contributed by atoms with E-state index >= 15 is 0 Å². The van der Waals surface area contributed by atoms with E-state index in [4.69, 9.17) is 16.7 Å². The number of carboxylic acid groups (broad SMARTS) is 1. The SMILES string of the molecule is O=C(O)CCC1CCN(CC(=O)Nc2ccccc2Cl)C1. The number of hydrogen-bond acceptors (Lipinski definition) is 3. The minimum absolute atomic E-state index is 0.0954. The van der Waals surface area contributed by atoms with Gasteiger partial charge in [0, 0.05) is 13.0 Å². The second-order valence-corrected chi connectivity index (χ2v) is 5.76. The van der Waals surface area contributed by atoms with Gasteiger partial charge in [-0.05, 0) is 37.4 Å². The van der Waals surface area contributed by atoms with Crippen LogP contribution < -0.4 is 5.32 Å². The van der Waals surface area contributed by atoms with Crippen molar-refractivity contribution in [2.45, 2.75) is 19.3 Å². The number of aliphatic carboxylic acids is 1. The Bertz CT molecular complexity index is 521. The number of likely N-dealkylation sites (tertiary alicyclic amines) is 1. The normalized spacial score (nSPS) is 18.6. The van der Waals surface area contributed by atoms with E-state index in [2.05, 4.69) is 10.2 Å². The smallest absolute Gasteiger partial charge is 0.303 e. The molecule has 0 saturated carbocycles. The zero-order valence-corrected chi connectivity index (χ0v) is 12.5. The predicted molar refractivity (Wildman–Crippen MR) is 81.5 cm³/mol. The van der Waals surface area contributed by atoms with E-state index in [0.29, 0.717) is 29.6 Å². The minimum atomic E-state index is -0.759. The van der Waals surface area contributed by atoms with Gasteiger partial charge < -0.3 is 10.4 Å². The maximum atomic E-state index is 12.0. The van der Waals surface area contributed by atoms with Gasteiger partial charge in [0.15, 0.2) is 0 Å². The molecule has 1 heterocycles. The molecule has 1 amide bonds. The Labute approximate surface area is 128 Å². The summed E-state index contributed by atoms with van der Waals surface area (Å²) >= 11 is 6.00. The molecule has 1 aromatic rings. The second kappa shape index (κ2) is 7.43. The molecule has 0 aromatic heterocycles. The third-order valence-corrected chi connectivity index (χ3v) is 3.98. The molecule has 5 nitrogen and oxygen atoms in total. The number of hydrogen-bond donors (Lipinski definition) is 2. The average Bonchev–Trinajstić information content (AvgIpc) is 2.86. The number of carboxylic acids is 1. The fraction of sp³-hybridized carbons (Fsp3) is 0.467. The van der Waals surface area contributed by atoms with Crippen molar-refractivity contribution in [1.29, 1.82) is 0 Å². The third kappa shape index (κ3) is 5.02. The molecule has 0 aliphatic carbocycles. The van der Waals surface area contributed by atoms with E-state index in [1.54, 1.807) is 12.1 Å². The fourth-order valence-electron chi connectivity index (χ4n) is 2.58. The summed E-state index contributed by atoms with van der Waals surface area (Å²) in [5, 5.41) is 12.0. The molecule has 1 aliphatic rings. The van der Waals surface area contributed by atoms with Gasteiger partial charge in [0.25, 0.3) is 0 Å². The van der Waals surface area contributed by atoms with Crippen LogP contribution in [0.3, 0.4) is 0 Å². The van der Waals surface area contributed by atoms with Crippen molar-refractivity contribution in [2.24, 2.45) is 5.92 Å². The van der Waals surface area contributed by atoms with Gasteiger partial charge in [-0.1, -0.05) is 23.7 Å². The number of nitrogens with one attached hydrogen (secondary N) is 1. The van der Waals surface area contributed by atoms with Crippen molar-refractivity contribution >= 4 is 29.2 Å². The standard InChI is InChI=1S/C15H19ClN2O3/c16-12-3-1-2-4-13(12)17-14(19)10-18-8-7-11(9-18)5-6-15(20)21/h1-4,11H,5-10H2,(H,17,19)(H,20,21). The van der Waals surface area contributed by atoms with Crippen molar-refractivity contribution in [3.63, 3.8) is 0 Å². The topological polar surface area (TPSA) is 69.6 Å². The van der Waals surface area contributed by atoms with Crippen LogP contribution in [-0.2, 0) is 9.59 Å². The number of anilines is 1. The first-order chi connectivity index (χ1) is 10.0. The van der Waals surface area contributed by atoms with Gasteiger partial charge in [-0.25, -0.2) is 0 Å². The molecule has 1 aromatic carbocycles. The fourth-order valence-corrected chi connectivity index (χ4v) is 2.76. The zero-order chi connectivity index (χ0) is 15.2. The molecular formula is C15H19ClN2O3. The number of para-hydroxylation sites is 1. The summed E-state index contributed by atoms with van der Waals surface area (Å²) in [5.41, 5.74) is 0.616. The summed E-state index contributed by atoms with van der Waals surface area (Å²) in [4.78, 5) is 24.6. The highest BCUT2D eigenvalue weighted by atomic mass is 35.5. The molecule has 2 rings (SSSR count). The maximum absolute atomic E-state index is 12.0. The molecule has 1 aliphatic heterocycles. The Morgan fingerprint density at radius 2 is 2.14 bits per heavy atom. The van der Waals surface area contributed by atoms with Crippen LogP contribution >= 0.6 is 11.6 Å². The van der Waals surface area contributed by atoms with E-state index in [0.717, 1.165) is 19.5 Å². The largest absolute Gasteiger partial charge is 0.481 e. The second-order valence-electron chi connectivity index (χ2n) is 5.35. The quantitative estimate of drug-likeness (QED) is 0.847. The van der Waals surface area contributed by atoms with Gasteiger partial charge in [0.2, 0.25) is 5.91 Å². The molecular weight excluding hydrogens is 292 g/mol. The van der Waals surface area contributed by atoms with E-state index in [-0.39, 0.29) is 12.3 Å². The van der Waals surface area contributed by atoms with Crippen molar-refractivity contribution < 1.29 is 14.7 Å². The Morgan fingerprint density at radius 3 is 2.86 bits per heavy atom. The van der Waals surface area contributed by atoms with Gasteiger partial charge >= 0.3 is 5.97 Å². The summed E-state index contributed by atoms with van der Waals surface area (Å²) in [6.07, 6.45) is 1.83. The third-order valence-electron chi connectivity index (χ3n) is 3.65. The van der Waals surface area contributed by atoms with Gasteiger partial charge in [-0.2, -0.15) is 0 Å². The van der Waals surface area contributed by atoms with Crippen LogP contribution in [-0.4, -0.2) is 41.5 Å². The van der Waals surface area contributed by atoms with Crippen LogP contribution in [0.4, 0.5) is 5.69 Å². The highest BCUT2D eigenvalue weighted by Crippen LogP contribution is 2.22. The molecule has 1 saturated heterocycles. The van der Waals surface area contributed by atoms with Crippen LogP contribution in [0.1, 0.15) is 19.3 Å². The summed E-state index contributed by atoms with van der Waals surface area (Å²) in [6.45, 7) is 1.93. The van der Waals surface area contributed by atoms with Crippen molar-refractivity contribution in [1.82, 2.24) is 4.90 Å². The monoisotopic (exact) mass is 310 g/mol. The van der Waals surface area contributed by atoms with Crippen LogP contribution in [0.5, 0.6) is 0 Å². The Hall–Kier alpha value is -1.59. The molecule has 114 valence electrons. The molecule has 0 spiro atoms. The number of benzene rings is 1. The molecule has 1 unspecified atom stereocenters. The van der Waals surface area contributed by atoms with Crippen LogP contribution in [0, 0.1) is 5.92 Å². The van der Waals surface area contributed by atoms with Crippen LogP contribution in [0.2, 0.25) is 5.02 Å². The van der Waals surface area contributed by atoms with E-state index in [1.165, 1.54) is 0 Å². The lowest BCUT2D eigenvalue weighted by molar-refractivity contribution is -0.137. The predicted octanol–water partition coefficient (Wildman–Crippen LogP) is 2.47. The molecule has 1 fully saturated rings. The molecule has 1 atom stereocenters. The van der Waals surface area contributed by atoms with E-state index < -0.39 is 5.97 Å². The summed E-state index contributed by atoms with van der Waals surface area (Å²) in [6, 6.07) is 7.12. The first-order valence-electron chi connectivity index (χ1n) is 7.03. The summed E-state index contributed by atoms with van der Waals surface area (Å²) < 4.78 is 0. The van der Waals surface area contributed by atoms with Gasteiger partial charge in [-0.15, -0.1) is 0 Å². The molecule has 21 heavy (non-hydrogen) atoms. The summed E-state index contributed by atoms with van der Waals surface area (Å²) in [7, 11) is 0. The Kier molecular flexibility index (Phi) is 5.59. The highest BCUT2D eigenvalue weighted by Gasteiger charge is 2.24. The minimum Gasteiger partial charge on any atom is -0.481 e. The van der Waals surface area contributed by atoms with Crippen molar-refractivity contribution in [3.8, 4) is 0 Å². The van der Waals surface area contributed by atoms with E-state index in [9.17, 15) is 9.59 Å². The summed E-state index contributed by atoms with van der Waals surface area (Å²) in [5.74, 6) is -0.485. The number of amides is 1. The molecule has 2 N–H and O–H groups in total. The van der Waals surface area contributed by atoms with Crippen LogP contribution in [0.15, 0.2) is 24.3 Å². The van der Waals surface area contributed by atoms with Gasteiger partial charge in [-0.3, -0.25) is 14.5 Å². The number of rotatable bonds is 6. The molecule has 0 radical (unpaired) electrons. The number of carbonyl (C=O) groups is 2. The number of halogens is 1. The lowest BCUT2D eigenvalue weighted by atomic mass is 10.0. The Morgan fingerprint density at radius 1 is 1.38 bits per heavy atom. The van der Waals surface area contributed by atoms with Crippen LogP contribution in [0.25, 0.3) is 0 Å². The molecule has 6 heteroatoms. The number of carbonyl (C=O) groups excluding carboxylic acids is 1. The van der Waals surface area contributed by atoms with Gasteiger partial charge in [0.1, 0.15) is 0 Å². The lowest BCUT2D eigenvalue weighted by Crippen LogP contribution is -2.31. The first-order valence-corrected chi connectivity index (χ1v) is 7.41. The number of nitrogens with zero attached hydrogens (tertiary/aromatic N) is 1. The Balaban J connectivity index is 1.76. The molecule has 0 bridgehead atoms. The maximum Gasteiger partial charge on any atom is 0.303 e. The highest BCUT2D eigenvalue weighted by molar-refractivity contribution is 6.33. The first kappa shape index (κ1) is 15.8. The van der Waals surface area contributed by atoms with Crippen molar-refractivity contribution in [2.75, 3.05) is 25.0 Å². The van der Waals surface area contributed by atoms with Gasteiger partial charge in [0.05, 0.1) is 17.3 Å². The van der Waals surface area contributed by atoms with E-state index in [1.807, 2.05) is 12.1 Å². The average molecular weight is 311 g/mol. The van der Waals surface area contributed by atoms with Crippen molar-refractivity contribution in [3.05, 3.63) is 29.3 Å². The lowest BCUT2D eigenvalue weighted by Gasteiger charge is -2.16.